The molecule has 0 aliphatic heterocycles. The van der Waals surface area contributed by atoms with Gasteiger partial charge >= 0.3 is 0 Å². The van der Waals surface area contributed by atoms with Crippen LogP contribution in [0, 0.1) is 0 Å². The number of rotatable bonds is 8. The van der Waals surface area contributed by atoms with Crippen LogP contribution in [-0.4, -0.2) is 29.3 Å². The van der Waals surface area contributed by atoms with Gasteiger partial charge in [-0.2, -0.15) is 5.10 Å². The van der Waals surface area contributed by atoms with Crippen molar-refractivity contribution in [1.29, 1.82) is 0 Å². The SMILES string of the molecule is CCC[C@@H](C)NC(=O)c1cc(COc2cccc(OC)c2)[nH]n1. The summed E-state index contributed by atoms with van der Waals surface area (Å²) in [5, 5.41) is 9.78. The van der Waals surface area contributed by atoms with Crippen molar-refractivity contribution in [1.82, 2.24) is 15.5 Å². The topological polar surface area (TPSA) is 76.2 Å². The van der Waals surface area contributed by atoms with Crippen LogP contribution >= 0.6 is 0 Å². The zero-order valence-electron chi connectivity index (χ0n) is 13.8. The van der Waals surface area contributed by atoms with Crippen molar-refractivity contribution < 1.29 is 14.3 Å². The first kappa shape index (κ1) is 16.9. The van der Waals surface area contributed by atoms with E-state index in [1.807, 2.05) is 25.1 Å². The molecular weight excluding hydrogens is 294 g/mol. The second-order valence-corrected chi connectivity index (χ2v) is 5.41. The van der Waals surface area contributed by atoms with Gasteiger partial charge < -0.3 is 14.8 Å². The van der Waals surface area contributed by atoms with Gasteiger partial charge in [-0.05, 0) is 31.5 Å². The molecule has 6 heteroatoms. The maximum atomic E-state index is 12.1. The van der Waals surface area contributed by atoms with Gasteiger partial charge in [-0.3, -0.25) is 9.89 Å². The van der Waals surface area contributed by atoms with Gasteiger partial charge in [-0.1, -0.05) is 19.4 Å². The van der Waals surface area contributed by atoms with E-state index in [-0.39, 0.29) is 11.9 Å². The Labute approximate surface area is 136 Å². The first-order valence-corrected chi connectivity index (χ1v) is 7.74. The molecule has 1 atom stereocenters. The molecule has 0 unspecified atom stereocenters. The molecule has 6 nitrogen and oxygen atoms in total. The van der Waals surface area contributed by atoms with Gasteiger partial charge in [0.15, 0.2) is 0 Å². The summed E-state index contributed by atoms with van der Waals surface area (Å²) >= 11 is 0. The first-order chi connectivity index (χ1) is 11.1. The Morgan fingerprint density at radius 3 is 2.87 bits per heavy atom. The fourth-order valence-corrected chi connectivity index (χ4v) is 2.21. The molecule has 0 radical (unpaired) electrons. The molecule has 0 bridgehead atoms. The van der Waals surface area contributed by atoms with Gasteiger partial charge in [0.25, 0.3) is 5.91 Å². The number of aromatic amines is 1. The molecule has 2 aromatic rings. The number of hydrogen-bond donors (Lipinski definition) is 2. The lowest BCUT2D eigenvalue weighted by Gasteiger charge is -2.10. The molecule has 0 saturated carbocycles. The molecule has 0 fully saturated rings. The van der Waals surface area contributed by atoms with E-state index in [1.54, 1.807) is 19.2 Å². The van der Waals surface area contributed by atoms with Crippen LogP contribution in [0.3, 0.4) is 0 Å². The van der Waals surface area contributed by atoms with Crippen molar-refractivity contribution in [2.24, 2.45) is 0 Å². The number of ether oxygens (including phenoxy) is 2. The van der Waals surface area contributed by atoms with Gasteiger partial charge in [-0.15, -0.1) is 0 Å². The Balaban J connectivity index is 1.90. The Kier molecular flexibility index (Phi) is 6.02. The minimum Gasteiger partial charge on any atom is -0.497 e. The van der Waals surface area contributed by atoms with Crippen LogP contribution in [0.2, 0.25) is 0 Å². The number of amides is 1. The molecule has 0 aliphatic rings. The van der Waals surface area contributed by atoms with Crippen molar-refractivity contribution in [2.45, 2.75) is 39.3 Å². The van der Waals surface area contributed by atoms with Crippen molar-refractivity contribution in [3.05, 3.63) is 41.7 Å². The zero-order chi connectivity index (χ0) is 16.7. The lowest BCUT2D eigenvalue weighted by Crippen LogP contribution is -2.32. The van der Waals surface area contributed by atoms with E-state index in [4.69, 9.17) is 9.47 Å². The molecule has 1 aromatic carbocycles. The predicted molar refractivity (Wildman–Crippen MR) is 87.7 cm³/mol. The summed E-state index contributed by atoms with van der Waals surface area (Å²) in [6.45, 7) is 4.38. The van der Waals surface area contributed by atoms with Crippen LogP contribution < -0.4 is 14.8 Å². The van der Waals surface area contributed by atoms with Crippen LogP contribution in [0.25, 0.3) is 0 Å². The number of H-pyrrole nitrogens is 1. The zero-order valence-corrected chi connectivity index (χ0v) is 13.8. The van der Waals surface area contributed by atoms with E-state index in [0.29, 0.717) is 18.1 Å². The maximum Gasteiger partial charge on any atom is 0.271 e. The molecule has 0 spiro atoms. The first-order valence-electron chi connectivity index (χ1n) is 7.74. The number of carbonyl (C=O) groups is 1. The highest BCUT2D eigenvalue weighted by Gasteiger charge is 2.13. The normalized spacial score (nSPS) is 11.8. The smallest absolute Gasteiger partial charge is 0.271 e. The summed E-state index contributed by atoms with van der Waals surface area (Å²) in [7, 11) is 1.61. The standard InChI is InChI=1S/C17H23N3O3/c1-4-6-12(2)18-17(21)16-9-13(19-20-16)11-23-15-8-5-7-14(10-15)22-3/h5,7-10,12H,4,6,11H2,1-3H3,(H,18,21)(H,19,20)/t12-/m1/s1. The molecule has 0 aliphatic carbocycles. The molecule has 1 amide bonds. The molecule has 2 N–H and O–H groups in total. The van der Waals surface area contributed by atoms with E-state index in [1.165, 1.54) is 0 Å². The molecule has 124 valence electrons. The van der Waals surface area contributed by atoms with Crippen molar-refractivity contribution in [2.75, 3.05) is 7.11 Å². The van der Waals surface area contributed by atoms with Crippen molar-refractivity contribution in [3.63, 3.8) is 0 Å². The average molecular weight is 317 g/mol. The second kappa shape index (κ2) is 8.22. The predicted octanol–water partition coefficient (Wildman–Crippen LogP) is 2.92. The third kappa shape index (κ3) is 5.02. The third-order valence-electron chi connectivity index (χ3n) is 3.40. The molecule has 1 aromatic heterocycles. The number of hydrogen-bond acceptors (Lipinski definition) is 4. The van der Waals surface area contributed by atoms with Crippen LogP contribution in [-0.2, 0) is 6.61 Å². The highest BCUT2D eigenvalue weighted by Crippen LogP contribution is 2.19. The van der Waals surface area contributed by atoms with E-state index in [2.05, 4.69) is 22.4 Å². The van der Waals surface area contributed by atoms with Gasteiger partial charge in [0, 0.05) is 12.1 Å². The van der Waals surface area contributed by atoms with Crippen molar-refractivity contribution >= 4 is 5.91 Å². The van der Waals surface area contributed by atoms with Crippen LogP contribution in [0.1, 0.15) is 42.9 Å². The third-order valence-corrected chi connectivity index (χ3v) is 3.40. The molecular formula is C17H23N3O3. The van der Waals surface area contributed by atoms with E-state index in [0.717, 1.165) is 24.3 Å². The summed E-state index contributed by atoms with van der Waals surface area (Å²) in [6.07, 6.45) is 1.98. The van der Waals surface area contributed by atoms with Gasteiger partial charge in [0.2, 0.25) is 0 Å². The Morgan fingerprint density at radius 1 is 1.35 bits per heavy atom. The number of benzene rings is 1. The molecule has 0 saturated heterocycles. The Hall–Kier alpha value is -2.50. The van der Waals surface area contributed by atoms with Crippen LogP contribution in [0.5, 0.6) is 11.5 Å². The van der Waals surface area contributed by atoms with Crippen molar-refractivity contribution in [3.8, 4) is 11.5 Å². The Bertz CT molecular complexity index is 640. The minimum absolute atomic E-state index is 0.140. The quantitative estimate of drug-likeness (QED) is 0.785. The highest BCUT2D eigenvalue weighted by atomic mass is 16.5. The van der Waals surface area contributed by atoms with E-state index < -0.39 is 0 Å². The van der Waals surface area contributed by atoms with E-state index in [9.17, 15) is 4.79 Å². The highest BCUT2D eigenvalue weighted by molar-refractivity contribution is 5.92. The minimum atomic E-state index is -0.171. The Morgan fingerprint density at radius 2 is 2.13 bits per heavy atom. The molecule has 23 heavy (non-hydrogen) atoms. The summed E-state index contributed by atoms with van der Waals surface area (Å²) in [6, 6.07) is 9.20. The molecule has 1 heterocycles. The summed E-state index contributed by atoms with van der Waals surface area (Å²) in [5.41, 5.74) is 1.11. The number of aromatic nitrogens is 2. The number of methoxy groups -OCH3 is 1. The maximum absolute atomic E-state index is 12.1. The number of nitrogens with zero attached hydrogens (tertiary/aromatic N) is 1. The summed E-state index contributed by atoms with van der Waals surface area (Å²) in [5.74, 6) is 1.26. The molecule has 2 rings (SSSR count). The fraction of sp³-hybridized carbons (Fsp3) is 0.412. The number of nitrogens with one attached hydrogen (secondary N) is 2. The lowest BCUT2D eigenvalue weighted by atomic mass is 10.2. The van der Waals surface area contributed by atoms with Crippen LogP contribution in [0.15, 0.2) is 30.3 Å². The van der Waals surface area contributed by atoms with Gasteiger partial charge in [-0.25, -0.2) is 0 Å². The lowest BCUT2D eigenvalue weighted by molar-refractivity contribution is 0.0933. The fourth-order valence-electron chi connectivity index (χ4n) is 2.21. The average Bonchev–Trinajstić information content (AvgIpc) is 3.02. The summed E-state index contributed by atoms with van der Waals surface area (Å²) < 4.78 is 10.8. The largest absolute Gasteiger partial charge is 0.497 e. The van der Waals surface area contributed by atoms with E-state index >= 15 is 0 Å². The number of carbonyl (C=O) groups excluding carboxylic acids is 1. The summed E-state index contributed by atoms with van der Waals surface area (Å²) in [4.78, 5) is 12.1. The second-order valence-electron chi connectivity index (χ2n) is 5.41. The van der Waals surface area contributed by atoms with Gasteiger partial charge in [0.05, 0.1) is 12.8 Å². The van der Waals surface area contributed by atoms with Gasteiger partial charge in [0.1, 0.15) is 23.8 Å². The van der Waals surface area contributed by atoms with Crippen LogP contribution in [0.4, 0.5) is 0 Å². The monoisotopic (exact) mass is 317 g/mol.